The molecule has 4 nitrogen and oxygen atoms in total. The highest BCUT2D eigenvalue weighted by atomic mass is 16.1. The van der Waals surface area contributed by atoms with Crippen molar-refractivity contribution in [3.63, 3.8) is 0 Å². The number of rotatable bonds is 7. The van der Waals surface area contributed by atoms with Crippen LogP contribution in [-0.4, -0.2) is 25.5 Å². The van der Waals surface area contributed by atoms with Gasteiger partial charge in [0.05, 0.1) is 6.04 Å². The van der Waals surface area contributed by atoms with E-state index < -0.39 is 0 Å². The number of carbonyl (C=O) groups excluding carboxylic acids is 1. The molecule has 0 aromatic heterocycles. The average molecular weight is 444 g/mol. The lowest BCUT2D eigenvalue weighted by molar-refractivity contribution is -0.118. The topological polar surface area (TPSA) is 49.6 Å². The zero-order valence-corrected chi connectivity index (χ0v) is 20.6. The highest BCUT2D eigenvalue weighted by Crippen LogP contribution is 2.48. The van der Waals surface area contributed by atoms with Gasteiger partial charge in [0, 0.05) is 47.9 Å². The van der Waals surface area contributed by atoms with Gasteiger partial charge in [-0.2, -0.15) is 0 Å². The molecule has 2 aromatic carbocycles. The summed E-state index contributed by atoms with van der Waals surface area (Å²) < 4.78 is 0. The Morgan fingerprint density at radius 1 is 0.970 bits per heavy atom. The molecular formula is C29H37N3O. The third-order valence-electron chi connectivity index (χ3n) is 7.54. The molecule has 1 atom stereocenters. The third kappa shape index (κ3) is 4.07. The van der Waals surface area contributed by atoms with Crippen molar-refractivity contribution in [1.82, 2.24) is 0 Å². The highest BCUT2D eigenvalue weighted by Gasteiger charge is 2.42. The van der Waals surface area contributed by atoms with Crippen molar-refractivity contribution >= 4 is 17.3 Å². The van der Waals surface area contributed by atoms with E-state index in [1.807, 2.05) is 0 Å². The Morgan fingerprint density at radius 3 is 2.27 bits per heavy atom. The normalized spacial score (nSPS) is 21.6. The number of unbranched alkanes of at least 4 members (excludes halogenated alkanes) is 1. The zero-order chi connectivity index (χ0) is 23.8. The van der Waals surface area contributed by atoms with Crippen molar-refractivity contribution < 1.29 is 4.79 Å². The molecule has 4 heteroatoms. The minimum Gasteiger partial charge on any atom is -0.370 e. The Kier molecular flexibility index (Phi) is 6.13. The number of amides is 1. The summed E-state index contributed by atoms with van der Waals surface area (Å²) in [6.45, 7) is 10.1. The van der Waals surface area contributed by atoms with E-state index in [0.29, 0.717) is 12.5 Å². The zero-order valence-electron chi connectivity index (χ0n) is 20.6. The van der Waals surface area contributed by atoms with E-state index in [1.165, 1.54) is 28.2 Å². The van der Waals surface area contributed by atoms with Gasteiger partial charge in [-0.3, -0.25) is 4.79 Å². The van der Waals surface area contributed by atoms with Gasteiger partial charge in [-0.05, 0) is 42.2 Å². The molecule has 174 valence electrons. The molecule has 1 unspecified atom stereocenters. The number of carbonyl (C=O) groups is 1. The fourth-order valence-corrected chi connectivity index (χ4v) is 5.69. The monoisotopic (exact) mass is 443 g/mol. The van der Waals surface area contributed by atoms with Gasteiger partial charge in [0.1, 0.15) is 0 Å². The van der Waals surface area contributed by atoms with Crippen molar-refractivity contribution in [2.45, 2.75) is 63.8 Å². The molecule has 2 aliphatic rings. The number of hydrogen-bond donors (Lipinski definition) is 1. The number of allylic oxidation sites excluding steroid dienone is 3. The second-order valence-corrected chi connectivity index (χ2v) is 10.4. The van der Waals surface area contributed by atoms with Crippen LogP contribution in [-0.2, 0) is 15.6 Å². The van der Waals surface area contributed by atoms with Crippen LogP contribution in [0.2, 0.25) is 0 Å². The van der Waals surface area contributed by atoms with Gasteiger partial charge in [0.15, 0.2) is 0 Å². The quantitative estimate of drug-likeness (QED) is 0.561. The van der Waals surface area contributed by atoms with E-state index in [2.05, 4.69) is 111 Å². The van der Waals surface area contributed by atoms with Crippen LogP contribution in [0.5, 0.6) is 0 Å². The van der Waals surface area contributed by atoms with Crippen LogP contribution < -0.4 is 15.5 Å². The second kappa shape index (κ2) is 8.74. The smallest absolute Gasteiger partial charge is 0.217 e. The number of fused-ring (bicyclic) bond motifs is 2. The maximum absolute atomic E-state index is 11.2. The van der Waals surface area contributed by atoms with E-state index in [4.69, 9.17) is 5.73 Å². The number of primary amides is 1. The Morgan fingerprint density at radius 2 is 1.61 bits per heavy atom. The first-order valence-electron chi connectivity index (χ1n) is 12.0. The van der Waals surface area contributed by atoms with Gasteiger partial charge in [0.25, 0.3) is 0 Å². The van der Waals surface area contributed by atoms with Crippen LogP contribution in [0.25, 0.3) is 0 Å². The fourth-order valence-electron chi connectivity index (χ4n) is 5.69. The maximum Gasteiger partial charge on any atom is 0.217 e. The van der Waals surface area contributed by atoms with E-state index in [-0.39, 0.29) is 16.7 Å². The van der Waals surface area contributed by atoms with Crippen LogP contribution in [0.3, 0.4) is 0 Å². The number of hydrogen-bond acceptors (Lipinski definition) is 3. The van der Waals surface area contributed by atoms with Crippen molar-refractivity contribution in [3.8, 4) is 0 Å². The molecular weight excluding hydrogens is 406 g/mol. The summed E-state index contributed by atoms with van der Waals surface area (Å²) in [5.74, 6) is -0.222. The summed E-state index contributed by atoms with van der Waals surface area (Å²) in [4.78, 5) is 16.0. The van der Waals surface area contributed by atoms with Crippen molar-refractivity contribution in [2.75, 3.05) is 23.4 Å². The van der Waals surface area contributed by atoms with Crippen LogP contribution in [0.4, 0.5) is 11.4 Å². The van der Waals surface area contributed by atoms with E-state index >= 15 is 0 Å². The highest BCUT2D eigenvalue weighted by molar-refractivity contribution is 5.74. The summed E-state index contributed by atoms with van der Waals surface area (Å²) >= 11 is 0. The lowest BCUT2D eigenvalue weighted by Crippen LogP contribution is -2.37. The van der Waals surface area contributed by atoms with Gasteiger partial charge >= 0.3 is 0 Å². The molecule has 33 heavy (non-hydrogen) atoms. The van der Waals surface area contributed by atoms with Gasteiger partial charge in [-0.15, -0.1) is 0 Å². The van der Waals surface area contributed by atoms with Crippen molar-refractivity contribution in [3.05, 3.63) is 83.6 Å². The number of likely N-dealkylation sites (N-methyl/N-ethyl adjacent to an activating group) is 1. The number of para-hydroxylation sites is 2. The standard InChI is InChI=1S/C29H37N3O/c1-28(2)21-13-6-8-15-23(21)31(5)25(28)17-12-18-26-29(3,4)22-14-7-9-16-24(22)32(26)20-11-10-19-27(30)33/h6-9,12-18,25H,10-11,19-20H2,1-5H3,(H2,30,33)/b17-12+,26-18+. The van der Waals surface area contributed by atoms with Crippen LogP contribution in [0.15, 0.2) is 72.5 Å². The summed E-state index contributed by atoms with van der Waals surface area (Å²) in [7, 11) is 2.19. The Hall–Kier alpha value is -3.01. The summed E-state index contributed by atoms with van der Waals surface area (Å²) in [6.07, 6.45) is 9.08. The molecule has 0 fully saturated rings. The molecule has 2 heterocycles. The summed E-state index contributed by atoms with van der Waals surface area (Å²) in [5.41, 5.74) is 12.0. The van der Waals surface area contributed by atoms with Gasteiger partial charge < -0.3 is 15.5 Å². The first-order chi connectivity index (χ1) is 15.7. The molecule has 0 spiro atoms. The van der Waals surface area contributed by atoms with E-state index in [9.17, 15) is 4.79 Å². The predicted molar refractivity (Wildman–Crippen MR) is 139 cm³/mol. The molecule has 0 saturated carbocycles. The minimum atomic E-state index is -0.222. The summed E-state index contributed by atoms with van der Waals surface area (Å²) in [5, 5.41) is 0. The molecule has 0 radical (unpaired) electrons. The first-order valence-corrected chi connectivity index (χ1v) is 12.0. The number of anilines is 2. The lowest BCUT2D eigenvalue weighted by Gasteiger charge is -2.30. The number of nitrogens with two attached hydrogens (primary N) is 1. The Balaban J connectivity index is 1.61. The molecule has 0 bridgehead atoms. The van der Waals surface area contributed by atoms with Crippen molar-refractivity contribution in [2.24, 2.45) is 5.73 Å². The number of nitrogens with zero attached hydrogens (tertiary/aromatic N) is 2. The molecule has 2 aromatic rings. The molecule has 2 N–H and O–H groups in total. The lowest BCUT2D eigenvalue weighted by atomic mass is 9.80. The number of benzene rings is 2. The van der Waals surface area contributed by atoms with Crippen molar-refractivity contribution in [1.29, 1.82) is 0 Å². The van der Waals surface area contributed by atoms with Crippen LogP contribution in [0.1, 0.15) is 58.1 Å². The van der Waals surface area contributed by atoms with Gasteiger partial charge in [-0.25, -0.2) is 0 Å². The molecule has 0 aliphatic carbocycles. The first kappa shape index (κ1) is 23.2. The SMILES string of the molecule is CN1c2ccccc2C(C)(C)C1/C=C/C=C1/N(CCCCC(N)=O)c2ccccc2C1(C)C. The van der Waals surface area contributed by atoms with Crippen LogP contribution in [0, 0.1) is 0 Å². The minimum absolute atomic E-state index is 0.0446. The largest absolute Gasteiger partial charge is 0.370 e. The Bertz CT molecular complexity index is 1100. The third-order valence-corrected chi connectivity index (χ3v) is 7.54. The molecule has 1 amide bonds. The molecule has 2 aliphatic heterocycles. The second-order valence-electron chi connectivity index (χ2n) is 10.4. The average Bonchev–Trinajstić information content (AvgIpc) is 3.11. The summed E-state index contributed by atoms with van der Waals surface area (Å²) in [6, 6.07) is 17.7. The molecule has 4 rings (SSSR count). The Labute approximate surface area is 198 Å². The van der Waals surface area contributed by atoms with E-state index in [1.54, 1.807) is 0 Å². The fraction of sp³-hybridized carbons (Fsp3) is 0.414. The predicted octanol–water partition coefficient (Wildman–Crippen LogP) is 5.68. The van der Waals surface area contributed by atoms with Gasteiger partial charge in [0.2, 0.25) is 5.91 Å². The van der Waals surface area contributed by atoms with E-state index in [0.717, 1.165) is 19.4 Å². The van der Waals surface area contributed by atoms with Crippen LogP contribution >= 0.6 is 0 Å². The van der Waals surface area contributed by atoms with Gasteiger partial charge in [-0.1, -0.05) is 76.2 Å². The molecule has 0 saturated heterocycles. The maximum atomic E-state index is 11.2.